The average molecular weight is 272 g/mol. The Labute approximate surface area is 114 Å². The standard InChI is InChI=1S/C14H10ClN3O/c15-11-4-6-17-13(8-11)18-14(19)10-2-1-9-3-5-16-12(9)7-10/h1-8,16H,(H,17,18,19). The number of nitrogens with zero attached hydrogens (tertiary/aromatic N) is 1. The smallest absolute Gasteiger partial charge is 0.256 e. The molecule has 3 aromatic rings. The first kappa shape index (κ1) is 11.7. The largest absolute Gasteiger partial charge is 0.361 e. The molecule has 94 valence electrons. The summed E-state index contributed by atoms with van der Waals surface area (Å²) in [6.45, 7) is 0. The number of carbonyl (C=O) groups is 1. The molecule has 1 amide bonds. The Balaban J connectivity index is 1.87. The number of aromatic amines is 1. The van der Waals surface area contributed by atoms with Gasteiger partial charge in [0.1, 0.15) is 5.82 Å². The third-order valence-corrected chi connectivity index (χ3v) is 3.02. The van der Waals surface area contributed by atoms with E-state index in [0.29, 0.717) is 16.4 Å². The molecule has 0 aliphatic carbocycles. The predicted octanol–water partition coefficient (Wildman–Crippen LogP) is 3.47. The van der Waals surface area contributed by atoms with E-state index < -0.39 is 0 Å². The Hall–Kier alpha value is -2.33. The molecule has 0 atom stereocenters. The molecule has 2 heterocycles. The van der Waals surface area contributed by atoms with Gasteiger partial charge in [-0.25, -0.2) is 4.98 Å². The zero-order valence-electron chi connectivity index (χ0n) is 9.85. The fourth-order valence-electron chi connectivity index (χ4n) is 1.85. The first-order valence-corrected chi connectivity index (χ1v) is 6.10. The Morgan fingerprint density at radius 3 is 2.95 bits per heavy atom. The summed E-state index contributed by atoms with van der Waals surface area (Å²) in [5.74, 6) is 0.218. The van der Waals surface area contributed by atoms with Gasteiger partial charge in [0.2, 0.25) is 0 Å². The summed E-state index contributed by atoms with van der Waals surface area (Å²) < 4.78 is 0. The third kappa shape index (κ3) is 2.44. The highest BCUT2D eigenvalue weighted by Gasteiger charge is 2.08. The summed E-state index contributed by atoms with van der Waals surface area (Å²) in [6.07, 6.45) is 3.39. The second-order valence-electron chi connectivity index (χ2n) is 4.09. The summed E-state index contributed by atoms with van der Waals surface area (Å²) in [5, 5.41) is 4.31. The summed E-state index contributed by atoms with van der Waals surface area (Å²) in [5.41, 5.74) is 1.49. The van der Waals surface area contributed by atoms with E-state index in [1.54, 1.807) is 30.5 Å². The molecule has 5 heteroatoms. The maximum atomic E-state index is 12.1. The van der Waals surface area contributed by atoms with Crippen molar-refractivity contribution in [3.63, 3.8) is 0 Å². The molecule has 0 bridgehead atoms. The van der Waals surface area contributed by atoms with Crippen molar-refractivity contribution in [3.05, 3.63) is 59.4 Å². The van der Waals surface area contributed by atoms with Crippen LogP contribution in [0.25, 0.3) is 10.9 Å². The van der Waals surface area contributed by atoms with Crippen LogP contribution in [-0.2, 0) is 0 Å². The van der Waals surface area contributed by atoms with Crippen LogP contribution in [0.4, 0.5) is 5.82 Å². The van der Waals surface area contributed by atoms with Crippen LogP contribution in [0.3, 0.4) is 0 Å². The molecule has 0 aliphatic heterocycles. The zero-order valence-corrected chi connectivity index (χ0v) is 10.6. The van der Waals surface area contributed by atoms with Gasteiger partial charge >= 0.3 is 0 Å². The van der Waals surface area contributed by atoms with Crippen LogP contribution in [0.5, 0.6) is 0 Å². The van der Waals surface area contributed by atoms with E-state index in [-0.39, 0.29) is 5.91 Å². The van der Waals surface area contributed by atoms with Crippen molar-refractivity contribution in [2.24, 2.45) is 0 Å². The van der Waals surface area contributed by atoms with Crippen LogP contribution in [-0.4, -0.2) is 15.9 Å². The van der Waals surface area contributed by atoms with Crippen LogP contribution < -0.4 is 5.32 Å². The SMILES string of the molecule is O=C(Nc1cc(Cl)ccn1)c1ccc2cc[nH]c2c1. The van der Waals surface area contributed by atoms with Gasteiger partial charge in [0.15, 0.2) is 0 Å². The van der Waals surface area contributed by atoms with Gasteiger partial charge in [0.25, 0.3) is 5.91 Å². The molecular formula is C14H10ClN3O. The minimum atomic E-state index is -0.216. The van der Waals surface area contributed by atoms with Crippen molar-refractivity contribution in [1.82, 2.24) is 9.97 Å². The van der Waals surface area contributed by atoms with E-state index in [0.717, 1.165) is 10.9 Å². The lowest BCUT2D eigenvalue weighted by atomic mass is 10.1. The molecule has 2 N–H and O–H groups in total. The monoisotopic (exact) mass is 271 g/mol. The number of anilines is 1. The first-order chi connectivity index (χ1) is 9.22. The Bertz CT molecular complexity index is 751. The van der Waals surface area contributed by atoms with Crippen molar-refractivity contribution in [3.8, 4) is 0 Å². The molecule has 0 fully saturated rings. The third-order valence-electron chi connectivity index (χ3n) is 2.78. The maximum Gasteiger partial charge on any atom is 0.256 e. The Kier molecular flexibility index (Phi) is 2.93. The second kappa shape index (κ2) is 4.74. The van der Waals surface area contributed by atoms with Crippen molar-refractivity contribution in [2.45, 2.75) is 0 Å². The normalized spacial score (nSPS) is 10.6. The van der Waals surface area contributed by atoms with Crippen molar-refractivity contribution >= 4 is 34.2 Å². The van der Waals surface area contributed by atoms with Crippen molar-refractivity contribution < 1.29 is 4.79 Å². The number of hydrogen-bond acceptors (Lipinski definition) is 2. The van der Waals surface area contributed by atoms with Gasteiger partial charge in [-0.3, -0.25) is 4.79 Å². The van der Waals surface area contributed by atoms with Gasteiger partial charge in [0.05, 0.1) is 0 Å². The lowest BCUT2D eigenvalue weighted by Gasteiger charge is -2.04. The average Bonchev–Trinajstić information content (AvgIpc) is 2.85. The van der Waals surface area contributed by atoms with Crippen LogP contribution in [0.15, 0.2) is 48.8 Å². The molecule has 19 heavy (non-hydrogen) atoms. The number of hydrogen-bond donors (Lipinski definition) is 2. The zero-order chi connectivity index (χ0) is 13.2. The molecule has 0 aliphatic rings. The number of pyridine rings is 1. The molecule has 1 aromatic carbocycles. The molecule has 2 aromatic heterocycles. The number of halogens is 1. The van der Waals surface area contributed by atoms with E-state index >= 15 is 0 Å². The number of rotatable bonds is 2. The minimum Gasteiger partial charge on any atom is -0.361 e. The van der Waals surface area contributed by atoms with E-state index in [1.165, 1.54) is 0 Å². The van der Waals surface area contributed by atoms with Gasteiger partial charge < -0.3 is 10.3 Å². The van der Waals surface area contributed by atoms with Crippen LogP contribution in [0.2, 0.25) is 5.02 Å². The lowest BCUT2D eigenvalue weighted by molar-refractivity contribution is 0.102. The number of amides is 1. The van der Waals surface area contributed by atoms with Crippen molar-refractivity contribution in [2.75, 3.05) is 5.32 Å². The van der Waals surface area contributed by atoms with E-state index in [1.807, 2.05) is 18.3 Å². The number of benzene rings is 1. The second-order valence-corrected chi connectivity index (χ2v) is 4.53. The van der Waals surface area contributed by atoms with Crippen LogP contribution in [0, 0.1) is 0 Å². The number of nitrogens with one attached hydrogen (secondary N) is 2. The van der Waals surface area contributed by atoms with Gasteiger partial charge in [-0.15, -0.1) is 0 Å². The van der Waals surface area contributed by atoms with E-state index in [2.05, 4.69) is 15.3 Å². The molecule has 0 radical (unpaired) electrons. The molecule has 0 spiro atoms. The van der Waals surface area contributed by atoms with E-state index in [9.17, 15) is 4.79 Å². The van der Waals surface area contributed by atoms with Crippen LogP contribution >= 0.6 is 11.6 Å². The topological polar surface area (TPSA) is 57.8 Å². The quantitative estimate of drug-likeness (QED) is 0.750. The Morgan fingerprint density at radius 1 is 1.21 bits per heavy atom. The molecule has 0 saturated carbocycles. The molecule has 0 saturated heterocycles. The number of fused-ring (bicyclic) bond motifs is 1. The first-order valence-electron chi connectivity index (χ1n) is 5.72. The minimum absolute atomic E-state index is 0.216. The van der Waals surface area contributed by atoms with Gasteiger partial charge in [-0.2, -0.15) is 0 Å². The summed E-state index contributed by atoms with van der Waals surface area (Å²) >= 11 is 5.84. The molecule has 3 rings (SSSR count). The summed E-state index contributed by atoms with van der Waals surface area (Å²) in [6, 6.07) is 10.7. The number of H-pyrrole nitrogens is 1. The molecule has 0 unspecified atom stereocenters. The Morgan fingerprint density at radius 2 is 2.11 bits per heavy atom. The van der Waals surface area contributed by atoms with E-state index in [4.69, 9.17) is 11.6 Å². The fraction of sp³-hybridized carbons (Fsp3) is 0. The molecular weight excluding hydrogens is 262 g/mol. The maximum absolute atomic E-state index is 12.1. The number of aromatic nitrogens is 2. The van der Waals surface area contributed by atoms with Crippen LogP contribution in [0.1, 0.15) is 10.4 Å². The highest BCUT2D eigenvalue weighted by molar-refractivity contribution is 6.30. The van der Waals surface area contributed by atoms with Gasteiger partial charge in [-0.05, 0) is 35.7 Å². The summed E-state index contributed by atoms with van der Waals surface area (Å²) in [4.78, 5) is 19.2. The number of carbonyl (C=O) groups excluding carboxylic acids is 1. The highest BCUT2D eigenvalue weighted by Crippen LogP contribution is 2.16. The fourth-order valence-corrected chi connectivity index (χ4v) is 2.01. The molecule has 4 nitrogen and oxygen atoms in total. The predicted molar refractivity (Wildman–Crippen MR) is 75.5 cm³/mol. The van der Waals surface area contributed by atoms with Gasteiger partial charge in [0, 0.05) is 28.5 Å². The highest BCUT2D eigenvalue weighted by atomic mass is 35.5. The summed E-state index contributed by atoms with van der Waals surface area (Å²) in [7, 11) is 0. The van der Waals surface area contributed by atoms with Crippen molar-refractivity contribution in [1.29, 1.82) is 0 Å². The van der Waals surface area contributed by atoms with Gasteiger partial charge in [-0.1, -0.05) is 17.7 Å². The lowest BCUT2D eigenvalue weighted by Crippen LogP contribution is -2.12.